The molecule has 0 bridgehead atoms. The molecule has 0 aliphatic rings. The Morgan fingerprint density at radius 2 is 2.08 bits per heavy atom. The van der Waals surface area contributed by atoms with Gasteiger partial charge in [0.25, 0.3) is 0 Å². The SMILES string of the molecule is CO/N=C(\C)c1ccc2ncc(Cc3ccc4ncccc4c3)n2n1. The van der Waals surface area contributed by atoms with Crippen LogP contribution in [-0.4, -0.2) is 32.4 Å². The van der Waals surface area contributed by atoms with Crippen LogP contribution in [0.4, 0.5) is 0 Å². The number of benzene rings is 1. The molecule has 0 aliphatic heterocycles. The number of imidazole rings is 1. The number of pyridine rings is 1. The van der Waals surface area contributed by atoms with Gasteiger partial charge in [-0.1, -0.05) is 17.3 Å². The van der Waals surface area contributed by atoms with Gasteiger partial charge in [-0.15, -0.1) is 0 Å². The maximum Gasteiger partial charge on any atom is 0.153 e. The summed E-state index contributed by atoms with van der Waals surface area (Å²) in [5, 5.41) is 9.72. The second-order valence-corrected chi connectivity index (χ2v) is 5.80. The van der Waals surface area contributed by atoms with E-state index in [-0.39, 0.29) is 0 Å². The first-order valence-electron chi connectivity index (χ1n) is 8.00. The van der Waals surface area contributed by atoms with Gasteiger partial charge in [-0.2, -0.15) is 5.10 Å². The van der Waals surface area contributed by atoms with Gasteiger partial charge in [0, 0.05) is 18.0 Å². The van der Waals surface area contributed by atoms with Gasteiger partial charge in [-0.3, -0.25) is 4.98 Å². The van der Waals surface area contributed by atoms with E-state index in [0.717, 1.165) is 40.1 Å². The molecule has 6 nitrogen and oxygen atoms in total. The molecular formula is C19H17N5O. The van der Waals surface area contributed by atoms with Gasteiger partial charge in [-0.25, -0.2) is 9.50 Å². The third-order valence-electron chi connectivity index (χ3n) is 4.08. The molecule has 0 N–H and O–H groups in total. The van der Waals surface area contributed by atoms with E-state index < -0.39 is 0 Å². The lowest BCUT2D eigenvalue weighted by Gasteiger charge is -2.05. The topological polar surface area (TPSA) is 64.7 Å². The van der Waals surface area contributed by atoms with E-state index in [0.29, 0.717) is 0 Å². The first-order valence-corrected chi connectivity index (χ1v) is 8.00. The lowest BCUT2D eigenvalue weighted by molar-refractivity contribution is 0.213. The molecule has 3 aromatic heterocycles. The first-order chi connectivity index (χ1) is 12.2. The monoisotopic (exact) mass is 331 g/mol. The second kappa shape index (κ2) is 6.32. The number of aromatic nitrogens is 4. The molecule has 1 aromatic carbocycles. The second-order valence-electron chi connectivity index (χ2n) is 5.80. The van der Waals surface area contributed by atoms with Crippen LogP contribution in [0.15, 0.2) is 60.0 Å². The van der Waals surface area contributed by atoms with E-state index >= 15 is 0 Å². The molecule has 0 atom stereocenters. The lowest BCUT2D eigenvalue weighted by atomic mass is 10.1. The number of hydrogen-bond donors (Lipinski definition) is 0. The summed E-state index contributed by atoms with van der Waals surface area (Å²) < 4.78 is 1.86. The highest BCUT2D eigenvalue weighted by Gasteiger charge is 2.09. The molecule has 0 amide bonds. The molecule has 0 spiro atoms. The quantitative estimate of drug-likeness (QED) is 0.425. The average Bonchev–Trinajstić information content (AvgIpc) is 3.04. The van der Waals surface area contributed by atoms with E-state index in [2.05, 4.69) is 38.4 Å². The van der Waals surface area contributed by atoms with E-state index in [9.17, 15) is 0 Å². The molecular weight excluding hydrogens is 314 g/mol. The highest BCUT2D eigenvalue weighted by molar-refractivity contribution is 5.96. The predicted molar refractivity (Wildman–Crippen MR) is 96.8 cm³/mol. The molecule has 6 heteroatoms. The summed E-state index contributed by atoms with van der Waals surface area (Å²) in [5.41, 5.74) is 5.50. The Kier molecular flexibility index (Phi) is 3.85. The lowest BCUT2D eigenvalue weighted by Crippen LogP contribution is -2.06. The summed E-state index contributed by atoms with van der Waals surface area (Å²) in [6, 6.07) is 14.1. The fourth-order valence-electron chi connectivity index (χ4n) is 2.86. The molecule has 0 radical (unpaired) electrons. The summed E-state index contributed by atoms with van der Waals surface area (Å²) in [4.78, 5) is 13.6. The zero-order valence-electron chi connectivity index (χ0n) is 14.0. The number of fused-ring (bicyclic) bond motifs is 2. The molecule has 4 aromatic rings. The molecule has 0 fully saturated rings. The Labute approximate surface area is 144 Å². The number of rotatable bonds is 4. The van der Waals surface area contributed by atoms with Crippen LogP contribution < -0.4 is 0 Å². The highest BCUT2D eigenvalue weighted by atomic mass is 16.6. The minimum atomic E-state index is 0.723. The Morgan fingerprint density at radius 3 is 2.96 bits per heavy atom. The molecule has 0 saturated heterocycles. The molecule has 4 rings (SSSR count). The third-order valence-corrected chi connectivity index (χ3v) is 4.08. The molecule has 0 aliphatic carbocycles. The number of nitrogens with zero attached hydrogens (tertiary/aromatic N) is 5. The molecule has 25 heavy (non-hydrogen) atoms. The van der Waals surface area contributed by atoms with Crippen molar-refractivity contribution in [1.82, 2.24) is 19.6 Å². The fourth-order valence-corrected chi connectivity index (χ4v) is 2.86. The van der Waals surface area contributed by atoms with Gasteiger partial charge in [-0.05, 0) is 42.8 Å². The van der Waals surface area contributed by atoms with Crippen molar-refractivity contribution in [3.8, 4) is 0 Å². The van der Waals surface area contributed by atoms with Gasteiger partial charge >= 0.3 is 0 Å². The van der Waals surface area contributed by atoms with Crippen molar-refractivity contribution in [2.45, 2.75) is 13.3 Å². The van der Waals surface area contributed by atoms with E-state index in [4.69, 9.17) is 4.84 Å². The smallest absolute Gasteiger partial charge is 0.153 e. The molecule has 124 valence electrons. The Hall–Kier alpha value is -3.28. The minimum absolute atomic E-state index is 0.723. The summed E-state index contributed by atoms with van der Waals surface area (Å²) >= 11 is 0. The van der Waals surface area contributed by atoms with E-state index in [1.807, 2.05) is 48.1 Å². The molecule has 3 heterocycles. The zero-order valence-corrected chi connectivity index (χ0v) is 14.0. The summed E-state index contributed by atoms with van der Waals surface area (Å²) in [7, 11) is 1.53. The van der Waals surface area contributed by atoms with Crippen LogP contribution in [-0.2, 0) is 11.3 Å². The van der Waals surface area contributed by atoms with Gasteiger partial charge in [0.05, 0.1) is 17.4 Å². The Bertz CT molecular complexity index is 1080. The van der Waals surface area contributed by atoms with Crippen LogP contribution in [0.2, 0.25) is 0 Å². The van der Waals surface area contributed by atoms with Crippen LogP contribution in [0.5, 0.6) is 0 Å². The van der Waals surface area contributed by atoms with Crippen LogP contribution in [0.3, 0.4) is 0 Å². The predicted octanol–water partition coefficient (Wildman–Crippen LogP) is 3.24. The number of oxime groups is 1. The Balaban J connectivity index is 1.72. The van der Waals surface area contributed by atoms with E-state index in [1.165, 1.54) is 12.7 Å². The van der Waals surface area contributed by atoms with E-state index in [1.54, 1.807) is 0 Å². The summed E-state index contributed by atoms with van der Waals surface area (Å²) in [6.07, 6.45) is 4.41. The third kappa shape index (κ3) is 2.94. The Morgan fingerprint density at radius 1 is 1.16 bits per heavy atom. The minimum Gasteiger partial charge on any atom is -0.399 e. The van der Waals surface area contributed by atoms with Crippen molar-refractivity contribution in [1.29, 1.82) is 0 Å². The fraction of sp³-hybridized carbons (Fsp3) is 0.158. The van der Waals surface area contributed by atoms with Gasteiger partial charge in [0.1, 0.15) is 18.5 Å². The van der Waals surface area contributed by atoms with Crippen molar-refractivity contribution >= 4 is 22.3 Å². The standard InChI is InChI=1S/C19H17N5O/c1-13(23-25-2)17-7-8-19-21-12-16(24(19)22-17)11-14-5-6-18-15(10-14)4-3-9-20-18/h3-10,12H,11H2,1-2H3/b23-13+. The van der Waals surface area contributed by atoms with Gasteiger partial charge < -0.3 is 4.84 Å². The van der Waals surface area contributed by atoms with Crippen molar-refractivity contribution < 1.29 is 4.84 Å². The van der Waals surface area contributed by atoms with Crippen LogP contribution in [0, 0.1) is 0 Å². The summed E-state index contributed by atoms with van der Waals surface area (Å²) in [5.74, 6) is 0. The van der Waals surface area contributed by atoms with Gasteiger partial charge in [0.2, 0.25) is 0 Å². The average molecular weight is 331 g/mol. The number of hydrogen-bond acceptors (Lipinski definition) is 5. The normalized spacial score (nSPS) is 12.0. The van der Waals surface area contributed by atoms with Crippen molar-refractivity contribution in [2.24, 2.45) is 5.16 Å². The largest absolute Gasteiger partial charge is 0.399 e. The summed E-state index contributed by atoms with van der Waals surface area (Å²) in [6.45, 7) is 1.87. The van der Waals surface area contributed by atoms with Gasteiger partial charge in [0.15, 0.2) is 5.65 Å². The maximum absolute atomic E-state index is 4.84. The maximum atomic E-state index is 4.84. The van der Waals surface area contributed by atoms with Crippen LogP contribution >= 0.6 is 0 Å². The van der Waals surface area contributed by atoms with Crippen molar-refractivity contribution in [2.75, 3.05) is 7.11 Å². The van der Waals surface area contributed by atoms with Crippen molar-refractivity contribution in [3.05, 3.63) is 71.8 Å². The van der Waals surface area contributed by atoms with Crippen molar-refractivity contribution in [3.63, 3.8) is 0 Å². The van der Waals surface area contributed by atoms with Crippen LogP contribution in [0.1, 0.15) is 23.9 Å². The first kappa shape index (κ1) is 15.3. The molecule has 0 unspecified atom stereocenters. The highest BCUT2D eigenvalue weighted by Crippen LogP contribution is 2.17. The zero-order chi connectivity index (χ0) is 17.2. The molecule has 0 saturated carbocycles. The van der Waals surface area contributed by atoms with Crippen LogP contribution in [0.25, 0.3) is 16.6 Å².